The maximum Gasteiger partial charge on any atom is 0.246 e. The molecule has 0 aromatic heterocycles. The molecule has 1 aliphatic rings. The van der Waals surface area contributed by atoms with E-state index < -0.39 is 10.0 Å². The van der Waals surface area contributed by atoms with Gasteiger partial charge in [0.1, 0.15) is 10.6 Å². The van der Waals surface area contributed by atoms with E-state index in [1.165, 1.54) is 11.4 Å². The van der Waals surface area contributed by atoms with E-state index in [2.05, 4.69) is 15.9 Å². The Bertz CT molecular complexity index is 590. The molecule has 20 heavy (non-hydrogen) atoms. The van der Waals surface area contributed by atoms with E-state index in [1.807, 2.05) is 6.92 Å². The number of sulfonamides is 1. The first kappa shape index (κ1) is 15.8. The monoisotopic (exact) mass is 363 g/mol. The van der Waals surface area contributed by atoms with Crippen LogP contribution < -0.4 is 4.74 Å². The van der Waals surface area contributed by atoms with Crippen LogP contribution in [0.15, 0.2) is 27.6 Å². The van der Waals surface area contributed by atoms with Crippen LogP contribution in [0.4, 0.5) is 0 Å². The molecule has 0 saturated carbocycles. The number of ether oxygens (including phenoxy) is 2. The molecule has 112 valence electrons. The van der Waals surface area contributed by atoms with Gasteiger partial charge in [-0.3, -0.25) is 0 Å². The van der Waals surface area contributed by atoms with E-state index in [4.69, 9.17) is 9.47 Å². The lowest BCUT2D eigenvalue weighted by atomic mass is 10.2. The van der Waals surface area contributed by atoms with Crippen molar-refractivity contribution in [2.45, 2.75) is 30.4 Å². The number of hydrogen-bond donors (Lipinski definition) is 0. The Balaban J connectivity index is 2.42. The molecule has 1 heterocycles. The van der Waals surface area contributed by atoms with Crippen molar-refractivity contribution in [3.8, 4) is 5.75 Å². The minimum atomic E-state index is -3.62. The lowest BCUT2D eigenvalue weighted by Gasteiger charge is -2.26. The fraction of sp³-hybridized carbons (Fsp3) is 0.538. The van der Waals surface area contributed by atoms with Crippen molar-refractivity contribution in [1.29, 1.82) is 0 Å². The van der Waals surface area contributed by atoms with Gasteiger partial charge in [-0.05, 0) is 31.5 Å². The van der Waals surface area contributed by atoms with Crippen molar-refractivity contribution in [3.63, 3.8) is 0 Å². The first-order valence-electron chi connectivity index (χ1n) is 6.31. The van der Waals surface area contributed by atoms with Crippen LogP contribution in [0.3, 0.4) is 0 Å². The molecule has 0 bridgehead atoms. The van der Waals surface area contributed by atoms with Crippen molar-refractivity contribution in [2.75, 3.05) is 20.8 Å². The molecule has 2 rings (SSSR count). The number of methoxy groups -OCH3 is 1. The molecule has 2 unspecified atom stereocenters. The van der Waals surface area contributed by atoms with Gasteiger partial charge in [0.25, 0.3) is 0 Å². The van der Waals surface area contributed by atoms with Crippen molar-refractivity contribution in [2.24, 2.45) is 0 Å². The average molecular weight is 364 g/mol. The Morgan fingerprint density at radius 2 is 2.15 bits per heavy atom. The smallest absolute Gasteiger partial charge is 0.246 e. The lowest BCUT2D eigenvalue weighted by Crippen LogP contribution is -2.41. The van der Waals surface area contributed by atoms with Crippen LogP contribution in [0.2, 0.25) is 0 Å². The number of benzene rings is 1. The summed E-state index contributed by atoms with van der Waals surface area (Å²) in [5.41, 5.74) is 0. The van der Waals surface area contributed by atoms with Gasteiger partial charge in [0.15, 0.2) is 0 Å². The summed E-state index contributed by atoms with van der Waals surface area (Å²) in [4.78, 5) is 0.163. The first-order valence-corrected chi connectivity index (χ1v) is 8.54. The van der Waals surface area contributed by atoms with E-state index in [1.54, 1.807) is 25.2 Å². The third kappa shape index (κ3) is 2.86. The average Bonchev–Trinajstić information content (AvgIpc) is 2.83. The highest BCUT2D eigenvalue weighted by Gasteiger charge is 2.36. The quantitative estimate of drug-likeness (QED) is 0.823. The van der Waals surface area contributed by atoms with E-state index in [9.17, 15) is 8.42 Å². The number of likely N-dealkylation sites (N-methyl/N-ethyl adjacent to an activating group) is 1. The molecule has 1 fully saturated rings. The molecule has 0 aliphatic carbocycles. The highest BCUT2D eigenvalue weighted by molar-refractivity contribution is 9.10. The predicted molar refractivity (Wildman–Crippen MR) is 79.5 cm³/mol. The highest BCUT2D eigenvalue weighted by atomic mass is 79.9. The fourth-order valence-electron chi connectivity index (χ4n) is 2.38. The molecular weight excluding hydrogens is 346 g/mol. The molecule has 0 radical (unpaired) electrons. The normalized spacial score (nSPS) is 23.2. The SMILES string of the molecule is COc1ccc(Br)cc1S(=O)(=O)N(C)C1CCOC1C. The Kier molecular flexibility index (Phi) is 4.73. The molecule has 0 spiro atoms. The molecule has 1 aromatic rings. The van der Waals surface area contributed by atoms with Gasteiger partial charge in [0, 0.05) is 18.1 Å². The van der Waals surface area contributed by atoms with Crippen LogP contribution in [0.25, 0.3) is 0 Å². The topological polar surface area (TPSA) is 55.8 Å². The van der Waals surface area contributed by atoms with Gasteiger partial charge in [-0.15, -0.1) is 0 Å². The molecule has 1 saturated heterocycles. The van der Waals surface area contributed by atoms with Gasteiger partial charge in [0.05, 0.1) is 19.3 Å². The van der Waals surface area contributed by atoms with E-state index >= 15 is 0 Å². The number of nitrogens with zero attached hydrogens (tertiary/aromatic N) is 1. The minimum absolute atomic E-state index is 0.104. The second-order valence-electron chi connectivity index (χ2n) is 4.75. The van der Waals surface area contributed by atoms with Gasteiger partial charge in [-0.25, -0.2) is 8.42 Å². The van der Waals surface area contributed by atoms with Crippen LogP contribution in [-0.2, 0) is 14.8 Å². The second-order valence-corrected chi connectivity index (χ2v) is 7.63. The Labute approximate surface area is 128 Å². The highest BCUT2D eigenvalue weighted by Crippen LogP contribution is 2.32. The molecule has 7 heteroatoms. The maximum absolute atomic E-state index is 12.8. The summed E-state index contributed by atoms with van der Waals surface area (Å²) in [6.07, 6.45) is 0.598. The first-order chi connectivity index (χ1) is 9.37. The van der Waals surface area contributed by atoms with E-state index in [0.29, 0.717) is 23.2 Å². The zero-order valence-electron chi connectivity index (χ0n) is 11.7. The van der Waals surface area contributed by atoms with Crippen molar-refractivity contribution < 1.29 is 17.9 Å². The van der Waals surface area contributed by atoms with Crippen molar-refractivity contribution in [3.05, 3.63) is 22.7 Å². The Hall–Kier alpha value is -0.630. The van der Waals surface area contributed by atoms with Crippen LogP contribution in [0.5, 0.6) is 5.75 Å². The number of halogens is 1. The van der Waals surface area contributed by atoms with Crippen LogP contribution in [0.1, 0.15) is 13.3 Å². The molecule has 0 N–H and O–H groups in total. The summed E-state index contributed by atoms with van der Waals surface area (Å²) in [5.74, 6) is 0.339. The summed E-state index contributed by atoms with van der Waals surface area (Å²) >= 11 is 3.30. The number of hydrogen-bond acceptors (Lipinski definition) is 4. The second kappa shape index (κ2) is 6.01. The van der Waals surface area contributed by atoms with E-state index in [-0.39, 0.29) is 17.0 Å². The van der Waals surface area contributed by atoms with Gasteiger partial charge in [-0.2, -0.15) is 4.31 Å². The largest absolute Gasteiger partial charge is 0.495 e. The molecule has 0 amide bonds. The van der Waals surface area contributed by atoms with Crippen LogP contribution >= 0.6 is 15.9 Å². The standard InChI is InChI=1S/C13H18BrNO4S/c1-9-11(6-7-19-9)15(2)20(16,17)13-8-10(14)4-5-12(13)18-3/h4-5,8-9,11H,6-7H2,1-3H3. The maximum atomic E-state index is 12.8. The Morgan fingerprint density at radius 1 is 1.45 bits per heavy atom. The molecule has 1 aromatic carbocycles. The summed E-state index contributed by atoms with van der Waals surface area (Å²) in [5, 5.41) is 0. The van der Waals surface area contributed by atoms with Crippen LogP contribution in [-0.4, -0.2) is 45.6 Å². The third-order valence-electron chi connectivity index (χ3n) is 3.59. The summed E-state index contributed by atoms with van der Waals surface area (Å²) in [7, 11) is -0.572. The third-order valence-corrected chi connectivity index (χ3v) is 5.98. The van der Waals surface area contributed by atoms with Gasteiger partial charge >= 0.3 is 0 Å². The molecule has 2 atom stereocenters. The van der Waals surface area contributed by atoms with Crippen molar-refractivity contribution >= 4 is 26.0 Å². The van der Waals surface area contributed by atoms with E-state index in [0.717, 1.165) is 0 Å². The fourth-order valence-corrected chi connectivity index (χ4v) is 4.52. The van der Waals surface area contributed by atoms with Crippen molar-refractivity contribution in [1.82, 2.24) is 4.31 Å². The predicted octanol–water partition coefficient (Wildman–Crippen LogP) is 2.26. The molecule has 1 aliphatic heterocycles. The summed E-state index contributed by atoms with van der Waals surface area (Å²) in [6.45, 7) is 2.48. The minimum Gasteiger partial charge on any atom is -0.495 e. The summed E-state index contributed by atoms with van der Waals surface area (Å²) in [6, 6.07) is 4.80. The summed E-state index contributed by atoms with van der Waals surface area (Å²) < 4.78 is 38.2. The van der Waals surface area contributed by atoms with Gasteiger partial charge in [-0.1, -0.05) is 15.9 Å². The molecule has 5 nitrogen and oxygen atoms in total. The zero-order valence-corrected chi connectivity index (χ0v) is 14.1. The van der Waals surface area contributed by atoms with Gasteiger partial charge in [0.2, 0.25) is 10.0 Å². The molecular formula is C13H18BrNO4S. The zero-order chi connectivity index (χ0) is 14.9. The van der Waals surface area contributed by atoms with Crippen LogP contribution in [0, 0.1) is 0 Å². The Morgan fingerprint density at radius 3 is 2.70 bits per heavy atom. The van der Waals surface area contributed by atoms with Gasteiger partial charge < -0.3 is 9.47 Å². The lowest BCUT2D eigenvalue weighted by molar-refractivity contribution is 0.102. The number of rotatable bonds is 4.